The van der Waals surface area contributed by atoms with E-state index in [9.17, 15) is 0 Å². The molecule has 0 aromatic heterocycles. The molecule has 0 amide bonds. The highest BCUT2D eigenvalue weighted by molar-refractivity contribution is 5.14. The van der Waals surface area contributed by atoms with E-state index < -0.39 is 0 Å². The van der Waals surface area contributed by atoms with E-state index in [0.29, 0.717) is 11.6 Å². The highest BCUT2D eigenvalue weighted by Crippen LogP contribution is 2.28. The minimum atomic E-state index is 0.294. The lowest BCUT2D eigenvalue weighted by Crippen LogP contribution is -2.45. The summed E-state index contributed by atoms with van der Waals surface area (Å²) in [5.41, 5.74) is 8.03. The second-order valence-corrected chi connectivity index (χ2v) is 6.15. The number of likely N-dealkylation sites (tertiary alicyclic amines) is 1. The Kier molecular flexibility index (Phi) is 4.41. The monoisotopic (exact) mass is 246 g/mol. The number of rotatable bonds is 5. The van der Waals surface area contributed by atoms with E-state index in [0.717, 1.165) is 19.4 Å². The lowest BCUT2D eigenvalue weighted by molar-refractivity contribution is 0.162. The first-order valence-electron chi connectivity index (χ1n) is 7.12. The van der Waals surface area contributed by atoms with E-state index in [-0.39, 0.29) is 0 Å². The molecular weight excluding hydrogens is 220 g/mol. The first kappa shape index (κ1) is 13.6. The maximum Gasteiger partial charge on any atom is 0.0171 e. The van der Waals surface area contributed by atoms with Crippen LogP contribution in [0.2, 0.25) is 0 Å². The van der Waals surface area contributed by atoms with Crippen LogP contribution in [0.5, 0.6) is 0 Å². The summed E-state index contributed by atoms with van der Waals surface area (Å²) in [6.45, 7) is 6.93. The highest BCUT2D eigenvalue weighted by atomic mass is 15.2. The Bertz CT molecular complexity index is 359. The van der Waals surface area contributed by atoms with Gasteiger partial charge in [0.05, 0.1) is 0 Å². The second-order valence-electron chi connectivity index (χ2n) is 6.15. The molecule has 0 radical (unpaired) electrons. The van der Waals surface area contributed by atoms with Crippen LogP contribution in [0.4, 0.5) is 0 Å². The van der Waals surface area contributed by atoms with E-state index in [1.807, 2.05) is 0 Å². The average Bonchev–Trinajstić information content (AvgIpc) is 2.68. The zero-order chi connectivity index (χ0) is 13.0. The van der Waals surface area contributed by atoms with E-state index in [4.69, 9.17) is 5.73 Å². The van der Waals surface area contributed by atoms with Gasteiger partial charge in [-0.3, -0.25) is 4.90 Å². The fourth-order valence-electron chi connectivity index (χ4n) is 2.87. The number of hydrogen-bond acceptors (Lipinski definition) is 2. The molecule has 1 heterocycles. The third-order valence-electron chi connectivity index (χ3n) is 4.17. The van der Waals surface area contributed by atoms with Crippen molar-refractivity contribution in [2.24, 2.45) is 5.73 Å². The molecule has 1 unspecified atom stereocenters. The van der Waals surface area contributed by atoms with E-state index in [1.54, 1.807) is 0 Å². The van der Waals surface area contributed by atoms with Crippen LogP contribution in [0.15, 0.2) is 30.3 Å². The van der Waals surface area contributed by atoms with Crippen LogP contribution >= 0.6 is 0 Å². The molecule has 1 saturated heterocycles. The Balaban J connectivity index is 1.77. The Morgan fingerprint density at radius 3 is 2.61 bits per heavy atom. The van der Waals surface area contributed by atoms with Gasteiger partial charge < -0.3 is 5.73 Å². The number of nitrogens with zero attached hydrogens (tertiary/aromatic N) is 1. The summed E-state index contributed by atoms with van der Waals surface area (Å²) >= 11 is 0. The summed E-state index contributed by atoms with van der Waals surface area (Å²) in [6.07, 6.45) is 4.80. The summed E-state index contributed by atoms with van der Waals surface area (Å²) in [6, 6.07) is 10.9. The van der Waals surface area contributed by atoms with E-state index in [2.05, 4.69) is 49.1 Å². The van der Waals surface area contributed by atoms with Gasteiger partial charge in [0.15, 0.2) is 0 Å². The van der Waals surface area contributed by atoms with Crippen LogP contribution in [-0.4, -0.2) is 29.6 Å². The van der Waals surface area contributed by atoms with Crippen LogP contribution in [0, 0.1) is 0 Å². The molecule has 18 heavy (non-hydrogen) atoms. The van der Waals surface area contributed by atoms with Crippen molar-refractivity contribution >= 4 is 0 Å². The molecule has 100 valence electrons. The largest absolute Gasteiger partial charge is 0.327 e. The number of nitrogens with two attached hydrogens (primary N) is 1. The van der Waals surface area contributed by atoms with Gasteiger partial charge in [0.25, 0.3) is 0 Å². The van der Waals surface area contributed by atoms with Gasteiger partial charge in [-0.05, 0) is 51.6 Å². The summed E-state index contributed by atoms with van der Waals surface area (Å²) in [4.78, 5) is 2.56. The third-order valence-corrected chi connectivity index (χ3v) is 4.17. The Hall–Kier alpha value is -0.860. The van der Waals surface area contributed by atoms with Crippen LogP contribution in [-0.2, 0) is 6.42 Å². The molecule has 0 aliphatic carbocycles. The van der Waals surface area contributed by atoms with Crippen molar-refractivity contribution in [2.45, 2.75) is 51.1 Å². The molecule has 1 fully saturated rings. The van der Waals surface area contributed by atoms with Crippen molar-refractivity contribution < 1.29 is 0 Å². The van der Waals surface area contributed by atoms with Gasteiger partial charge in [-0.15, -0.1) is 0 Å². The molecule has 2 heteroatoms. The van der Waals surface area contributed by atoms with Gasteiger partial charge in [-0.25, -0.2) is 0 Å². The predicted molar refractivity (Wildman–Crippen MR) is 77.6 cm³/mol. The van der Waals surface area contributed by atoms with Crippen molar-refractivity contribution in [2.75, 3.05) is 13.1 Å². The maximum atomic E-state index is 6.28. The maximum absolute atomic E-state index is 6.28. The number of aryl methyl sites for hydroxylation is 1. The molecule has 0 saturated carbocycles. The summed E-state index contributed by atoms with van der Waals surface area (Å²) < 4.78 is 0. The molecule has 1 aliphatic rings. The zero-order valence-electron chi connectivity index (χ0n) is 11.7. The van der Waals surface area contributed by atoms with Gasteiger partial charge in [0.1, 0.15) is 0 Å². The predicted octanol–water partition coefficient (Wildman–Crippen LogP) is 2.82. The SMILES string of the molecule is CC1(C)CCCN1CC(N)CCc1ccccc1. The Labute approximate surface area is 111 Å². The van der Waals surface area contributed by atoms with Crippen molar-refractivity contribution in [3.05, 3.63) is 35.9 Å². The average molecular weight is 246 g/mol. The number of hydrogen-bond donors (Lipinski definition) is 1. The molecule has 0 bridgehead atoms. The first-order valence-corrected chi connectivity index (χ1v) is 7.12. The summed E-state index contributed by atoms with van der Waals surface area (Å²) in [7, 11) is 0. The van der Waals surface area contributed by atoms with Crippen LogP contribution in [0.3, 0.4) is 0 Å². The molecule has 2 N–H and O–H groups in total. The smallest absolute Gasteiger partial charge is 0.0171 e. The van der Waals surface area contributed by atoms with Crippen LogP contribution in [0.25, 0.3) is 0 Å². The van der Waals surface area contributed by atoms with Crippen molar-refractivity contribution in [3.8, 4) is 0 Å². The Morgan fingerprint density at radius 2 is 2.00 bits per heavy atom. The summed E-state index contributed by atoms with van der Waals surface area (Å²) in [5, 5.41) is 0. The fourth-order valence-corrected chi connectivity index (χ4v) is 2.87. The molecule has 1 aromatic rings. The quantitative estimate of drug-likeness (QED) is 0.865. The molecule has 1 atom stereocenters. The molecule has 1 aromatic carbocycles. The summed E-state index contributed by atoms with van der Waals surface area (Å²) in [5.74, 6) is 0. The normalized spacial score (nSPS) is 21.1. The molecule has 2 rings (SSSR count). The standard InChI is InChI=1S/C16H26N2/c1-16(2)11-6-12-18(16)13-15(17)10-9-14-7-4-3-5-8-14/h3-5,7-8,15H,6,9-13,17H2,1-2H3. The Morgan fingerprint density at radius 1 is 1.28 bits per heavy atom. The van der Waals surface area contributed by atoms with E-state index in [1.165, 1.54) is 24.9 Å². The van der Waals surface area contributed by atoms with Gasteiger partial charge in [-0.1, -0.05) is 30.3 Å². The third kappa shape index (κ3) is 3.56. The minimum Gasteiger partial charge on any atom is -0.327 e. The molecule has 2 nitrogen and oxygen atoms in total. The minimum absolute atomic E-state index is 0.294. The lowest BCUT2D eigenvalue weighted by Gasteiger charge is -2.33. The first-order chi connectivity index (χ1) is 8.58. The molecular formula is C16H26N2. The van der Waals surface area contributed by atoms with Crippen molar-refractivity contribution in [1.29, 1.82) is 0 Å². The second kappa shape index (κ2) is 5.85. The topological polar surface area (TPSA) is 29.3 Å². The number of benzene rings is 1. The van der Waals surface area contributed by atoms with Gasteiger partial charge in [0.2, 0.25) is 0 Å². The van der Waals surface area contributed by atoms with Gasteiger partial charge in [0, 0.05) is 18.1 Å². The molecule has 1 aliphatic heterocycles. The van der Waals surface area contributed by atoms with Crippen LogP contribution < -0.4 is 5.73 Å². The van der Waals surface area contributed by atoms with Gasteiger partial charge >= 0.3 is 0 Å². The fraction of sp³-hybridized carbons (Fsp3) is 0.625. The highest BCUT2D eigenvalue weighted by Gasteiger charge is 2.32. The zero-order valence-corrected chi connectivity index (χ0v) is 11.7. The van der Waals surface area contributed by atoms with E-state index >= 15 is 0 Å². The van der Waals surface area contributed by atoms with Crippen molar-refractivity contribution in [3.63, 3.8) is 0 Å². The lowest BCUT2D eigenvalue weighted by atomic mass is 10.0. The van der Waals surface area contributed by atoms with Crippen molar-refractivity contribution in [1.82, 2.24) is 4.90 Å². The van der Waals surface area contributed by atoms with Crippen LogP contribution in [0.1, 0.15) is 38.7 Å². The van der Waals surface area contributed by atoms with Gasteiger partial charge in [-0.2, -0.15) is 0 Å². The molecule has 0 spiro atoms.